The molecule has 2 atom stereocenters. The van der Waals surface area contributed by atoms with Crippen LogP contribution in [0.3, 0.4) is 0 Å². The van der Waals surface area contributed by atoms with E-state index in [0.717, 1.165) is 0 Å². The summed E-state index contributed by atoms with van der Waals surface area (Å²) in [6, 6.07) is 9.22. The van der Waals surface area contributed by atoms with E-state index in [1.54, 1.807) is 0 Å². The van der Waals surface area contributed by atoms with Gasteiger partial charge in [0, 0.05) is 11.7 Å². The van der Waals surface area contributed by atoms with Crippen LogP contribution in [0.5, 0.6) is 0 Å². The van der Waals surface area contributed by atoms with E-state index in [-0.39, 0.29) is 0 Å². The zero-order valence-corrected chi connectivity index (χ0v) is 7.67. The number of anilines is 1. The molecule has 1 heterocycles. The molecule has 12 heavy (non-hydrogen) atoms. The smallest absolute Gasteiger partial charge is 0.0377 e. The Labute approximate surface area is 73.8 Å². The van der Waals surface area contributed by atoms with Gasteiger partial charge >= 0.3 is 0 Å². The summed E-state index contributed by atoms with van der Waals surface area (Å²) in [6.07, 6.45) is 1.25. The summed E-state index contributed by atoms with van der Waals surface area (Å²) in [4.78, 5) is 0. The third-order valence-corrected chi connectivity index (χ3v) is 2.60. The first-order chi connectivity index (χ1) is 5.77. The average Bonchev–Trinajstić information content (AvgIpc) is 2.04. The van der Waals surface area contributed by atoms with E-state index in [2.05, 4.69) is 43.4 Å². The Kier molecular flexibility index (Phi) is 1.80. The second kappa shape index (κ2) is 2.81. The molecule has 0 saturated carbocycles. The second-order valence-electron chi connectivity index (χ2n) is 3.77. The van der Waals surface area contributed by atoms with Crippen LogP contribution >= 0.6 is 0 Å². The van der Waals surface area contributed by atoms with Crippen molar-refractivity contribution < 1.29 is 0 Å². The molecule has 0 spiro atoms. The molecule has 1 aromatic rings. The van der Waals surface area contributed by atoms with Crippen LogP contribution in [0.4, 0.5) is 5.69 Å². The van der Waals surface area contributed by atoms with Crippen LogP contribution in [-0.2, 0) is 0 Å². The van der Waals surface area contributed by atoms with Crippen molar-refractivity contribution in [2.75, 3.05) is 5.32 Å². The average molecular weight is 161 g/mol. The van der Waals surface area contributed by atoms with Gasteiger partial charge in [0.25, 0.3) is 0 Å². The van der Waals surface area contributed by atoms with Crippen LogP contribution in [0.1, 0.15) is 31.7 Å². The maximum Gasteiger partial charge on any atom is 0.0377 e. The van der Waals surface area contributed by atoms with Crippen LogP contribution in [0, 0.1) is 0 Å². The van der Waals surface area contributed by atoms with E-state index in [1.807, 2.05) is 0 Å². The van der Waals surface area contributed by atoms with Gasteiger partial charge in [0.1, 0.15) is 0 Å². The summed E-state index contributed by atoms with van der Waals surface area (Å²) in [5.74, 6) is 0.706. The quantitative estimate of drug-likeness (QED) is 0.616. The molecule has 0 aromatic heterocycles. The molecule has 0 bridgehead atoms. The summed E-state index contributed by atoms with van der Waals surface area (Å²) in [6.45, 7) is 4.54. The largest absolute Gasteiger partial charge is 0.382 e. The normalized spacial score (nSPS) is 27.5. The highest BCUT2D eigenvalue weighted by Crippen LogP contribution is 2.33. The van der Waals surface area contributed by atoms with Gasteiger partial charge < -0.3 is 5.32 Å². The molecule has 0 saturated heterocycles. The molecular formula is C11H15N. The van der Waals surface area contributed by atoms with Crippen molar-refractivity contribution in [3.05, 3.63) is 29.8 Å². The van der Waals surface area contributed by atoms with Crippen LogP contribution in [0.15, 0.2) is 24.3 Å². The molecule has 1 heteroatoms. The number of hydrogen-bond donors (Lipinski definition) is 1. The lowest BCUT2D eigenvalue weighted by Gasteiger charge is -2.28. The fraction of sp³-hybridized carbons (Fsp3) is 0.455. The van der Waals surface area contributed by atoms with E-state index in [4.69, 9.17) is 0 Å². The topological polar surface area (TPSA) is 12.0 Å². The molecular weight excluding hydrogens is 146 g/mol. The summed E-state index contributed by atoms with van der Waals surface area (Å²) in [5, 5.41) is 3.49. The molecule has 0 radical (unpaired) electrons. The third kappa shape index (κ3) is 1.20. The van der Waals surface area contributed by atoms with Crippen molar-refractivity contribution >= 4 is 5.69 Å². The lowest BCUT2D eigenvalue weighted by Crippen LogP contribution is -2.23. The molecule has 64 valence electrons. The molecule has 0 fully saturated rings. The fourth-order valence-electron chi connectivity index (χ4n) is 2.04. The van der Waals surface area contributed by atoms with Crippen molar-refractivity contribution in [2.45, 2.75) is 32.2 Å². The summed E-state index contributed by atoms with van der Waals surface area (Å²) < 4.78 is 0. The first-order valence-corrected chi connectivity index (χ1v) is 4.63. The Morgan fingerprint density at radius 1 is 1.25 bits per heavy atom. The Morgan fingerprint density at radius 2 is 2.00 bits per heavy atom. The van der Waals surface area contributed by atoms with Gasteiger partial charge in [-0.3, -0.25) is 0 Å². The first-order valence-electron chi connectivity index (χ1n) is 4.63. The number of benzene rings is 1. The van der Waals surface area contributed by atoms with Gasteiger partial charge in [-0.2, -0.15) is 0 Å². The standard InChI is InChI=1S/C11H15N/c1-8-7-9(2)12-11-6-4-3-5-10(8)11/h3-6,8-9,12H,7H2,1-2H3. The van der Waals surface area contributed by atoms with Gasteiger partial charge in [-0.1, -0.05) is 25.1 Å². The number of hydrogen-bond acceptors (Lipinski definition) is 1. The Balaban J connectivity index is 2.40. The minimum absolute atomic E-state index is 0.620. The Morgan fingerprint density at radius 3 is 2.83 bits per heavy atom. The Bertz CT molecular complexity index is 280. The lowest BCUT2D eigenvalue weighted by atomic mass is 9.89. The highest BCUT2D eigenvalue weighted by molar-refractivity contribution is 5.55. The third-order valence-electron chi connectivity index (χ3n) is 2.60. The zero-order valence-electron chi connectivity index (χ0n) is 7.67. The van der Waals surface area contributed by atoms with Gasteiger partial charge in [-0.05, 0) is 30.9 Å². The SMILES string of the molecule is CC1CC(C)c2ccccc2N1. The van der Waals surface area contributed by atoms with Crippen molar-refractivity contribution in [3.63, 3.8) is 0 Å². The highest BCUT2D eigenvalue weighted by Gasteiger charge is 2.19. The number of rotatable bonds is 0. The molecule has 0 aliphatic carbocycles. The summed E-state index contributed by atoms with van der Waals surface area (Å²) >= 11 is 0. The van der Waals surface area contributed by atoms with E-state index in [0.29, 0.717) is 12.0 Å². The zero-order chi connectivity index (χ0) is 8.55. The summed E-state index contributed by atoms with van der Waals surface area (Å²) in [5.41, 5.74) is 2.79. The predicted octanol–water partition coefficient (Wildman–Crippen LogP) is 2.99. The van der Waals surface area contributed by atoms with Gasteiger partial charge in [0.15, 0.2) is 0 Å². The minimum Gasteiger partial charge on any atom is -0.382 e. The van der Waals surface area contributed by atoms with Crippen molar-refractivity contribution in [1.82, 2.24) is 0 Å². The monoisotopic (exact) mass is 161 g/mol. The molecule has 1 nitrogen and oxygen atoms in total. The van der Waals surface area contributed by atoms with Gasteiger partial charge in [-0.25, -0.2) is 0 Å². The van der Waals surface area contributed by atoms with Crippen LogP contribution < -0.4 is 5.32 Å². The van der Waals surface area contributed by atoms with Crippen LogP contribution in [-0.4, -0.2) is 6.04 Å². The second-order valence-corrected chi connectivity index (χ2v) is 3.77. The van der Waals surface area contributed by atoms with Crippen LogP contribution in [0.25, 0.3) is 0 Å². The van der Waals surface area contributed by atoms with Crippen molar-refractivity contribution in [2.24, 2.45) is 0 Å². The summed E-state index contributed by atoms with van der Waals surface area (Å²) in [7, 11) is 0. The van der Waals surface area contributed by atoms with Gasteiger partial charge in [0.2, 0.25) is 0 Å². The maximum absolute atomic E-state index is 3.49. The van der Waals surface area contributed by atoms with Crippen LogP contribution in [0.2, 0.25) is 0 Å². The van der Waals surface area contributed by atoms with E-state index in [1.165, 1.54) is 17.7 Å². The molecule has 1 N–H and O–H groups in total. The number of fused-ring (bicyclic) bond motifs is 1. The highest BCUT2D eigenvalue weighted by atomic mass is 14.9. The van der Waals surface area contributed by atoms with E-state index in [9.17, 15) is 0 Å². The maximum atomic E-state index is 3.49. The molecule has 2 unspecified atom stereocenters. The first kappa shape index (κ1) is 7.66. The van der Waals surface area contributed by atoms with Gasteiger partial charge in [0.05, 0.1) is 0 Å². The number of para-hydroxylation sites is 1. The molecule has 1 aromatic carbocycles. The number of nitrogens with one attached hydrogen (secondary N) is 1. The molecule has 2 rings (SSSR count). The molecule has 1 aliphatic rings. The van der Waals surface area contributed by atoms with E-state index >= 15 is 0 Å². The molecule has 1 aliphatic heterocycles. The van der Waals surface area contributed by atoms with Gasteiger partial charge in [-0.15, -0.1) is 0 Å². The Hall–Kier alpha value is -0.980. The fourth-order valence-corrected chi connectivity index (χ4v) is 2.04. The predicted molar refractivity (Wildman–Crippen MR) is 52.6 cm³/mol. The molecule has 0 amide bonds. The minimum atomic E-state index is 0.620. The van der Waals surface area contributed by atoms with E-state index < -0.39 is 0 Å². The van der Waals surface area contributed by atoms with Crippen molar-refractivity contribution in [1.29, 1.82) is 0 Å². The lowest BCUT2D eigenvalue weighted by molar-refractivity contribution is 0.590. The van der Waals surface area contributed by atoms with Crippen molar-refractivity contribution in [3.8, 4) is 0 Å².